The zero-order valence-electron chi connectivity index (χ0n) is 16.8. The van der Waals surface area contributed by atoms with Gasteiger partial charge in [0.1, 0.15) is 0 Å². The van der Waals surface area contributed by atoms with Gasteiger partial charge in [-0.2, -0.15) is 15.1 Å². The molecule has 1 aliphatic carbocycles. The van der Waals surface area contributed by atoms with Gasteiger partial charge in [0.05, 0.1) is 19.0 Å². The van der Waals surface area contributed by atoms with Crippen LogP contribution in [0.5, 0.6) is 0 Å². The first-order chi connectivity index (χ1) is 13.5. The van der Waals surface area contributed by atoms with Crippen LogP contribution in [0.2, 0.25) is 0 Å². The van der Waals surface area contributed by atoms with Crippen LogP contribution in [-0.2, 0) is 0 Å². The van der Waals surface area contributed by atoms with Crippen molar-refractivity contribution in [2.24, 2.45) is 5.92 Å². The van der Waals surface area contributed by atoms with Crippen LogP contribution in [-0.4, -0.2) is 47.5 Å². The Hall–Kier alpha value is -2.68. The smallest absolute Gasteiger partial charge is 0.227 e. The molecule has 28 heavy (non-hydrogen) atoms. The SMILES string of the molecule is CC(C)[C@@H](CO)Nc1nc(Nc2cc(C3CC3)[nH]n2)c2ncn(C(C)C)c2n1. The van der Waals surface area contributed by atoms with Crippen molar-refractivity contribution >= 4 is 28.7 Å². The third-order valence-electron chi connectivity index (χ3n) is 5.16. The summed E-state index contributed by atoms with van der Waals surface area (Å²) in [6, 6.07) is 2.11. The maximum absolute atomic E-state index is 9.67. The molecule has 0 unspecified atom stereocenters. The molecule has 3 aromatic rings. The Kier molecular flexibility index (Phi) is 4.92. The number of nitrogens with one attached hydrogen (secondary N) is 3. The second-order valence-corrected chi connectivity index (χ2v) is 8.10. The lowest BCUT2D eigenvalue weighted by Crippen LogP contribution is -2.30. The van der Waals surface area contributed by atoms with Gasteiger partial charge in [0.15, 0.2) is 22.8 Å². The second-order valence-electron chi connectivity index (χ2n) is 8.10. The molecule has 3 heterocycles. The molecule has 0 bridgehead atoms. The van der Waals surface area contributed by atoms with Gasteiger partial charge in [-0.1, -0.05) is 13.8 Å². The Balaban J connectivity index is 1.71. The summed E-state index contributed by atoms with van der Waals surface area (Å²) in [6.07, 6.45) is 4.21. The molecule has 150 valence electrons. The topological polar surface area (TPSA) is 117 Å². The maximum atomic E-state index is 9.67. The summed E-state index contributed by atoms with van der Waals surface area (Å²) in [6.45, 7) is 8.28. The first-order valence-corrected chi connectivity index (χ1v) is 9.90. The summed E-state index contributed by atoms with van der Waals surface area (Å²) < 4.78 is 2.01. The van der Waals surface area contributed by atoms with Crippen LogP contribution in [0.25, 0.3) is 11.2 Å². The molecule has 3 aromatic heterocycles. The molecule has 0 aliphatic heterocycles. The van der Waals surface area contributed by atoms with Crippen LogP contribution in [0.15, 0.2) is 12.4 Å². The first-order valence-electron chi connectivity index (χ1n) is 9.90. The normalized spacial score (nSPS) is 15.5. The predicted molar refractivity (Wildman–Crippen MR) is 109 cm³/mol. The zero-order chi connectivity index (χ0) is 19.8. The van der Waals surface area contributed by atoms with E-state index >= 15 is 0 Å². The van der Waals surface area contributed by atoms with Crippen LogP contribution in [0, 0.1) is 5.92 Å². The van der Waals surface area contributed by atoms with Gasteiger partial charge in [0.2, 0.25) is 5.95 Å². The fourth-order valence-corrected chi connectivity index (χ4v) is 3.16. The average molecular weight is 384 g/mol. The maximum Gasteiger partial charge on any atom is 0.227 e. The molecule has 4 N–H and O–H groups in total. The van der Waals surface area contributed by atoms with Crippen molar-refractivity contribution in [1.82, 2.24) is 29.7 Å². The number of hydrogen-bond acceptors (Lipinski definition) is 7. The Labute approximate surface area is 164 Å². The molecule has 1 atom stereocenters. The predicted octanol–water partition coefficient (Wildman–Crippen LogP) is 3.18. The highest BCUT2D eigenvalue weighted by molar-refractivity contribution is 5.86. The number of aromatic amines is 1. The average Bonchev–Trinajstić information content (AvgIpc) is 3.24. The molecule has 0 amide bonds. The van der Waals surface area contributed by atoms with E-state index in [0.29, 0.717) is 23.2 Å². The Morgan fingerprint density at radius 1 is 1.25 bits per heavy atom. The van der Waals surface area contributed by atoms with E-state index in [0.717, 1.165) is 17.2 Å². The van der Waals surface area contributed by atoms with Gasteiger partial charge in [-0.15, -0.1) is 0 Å². The minimum Gasteiger partial charge on any atom is -0.394 e. The van der Waals surface area contributed by atoms with Crippen molar-refractivity contribution in [2.45, 2.75) is 58.5 Å². The number of H-pyrrole nitrogens is 1. The molecular formula is C19H28N8O. The highest BCUT2D eigenvalue weighted by Crippen LogP contribution is 2.39. The van der Waals surface area contributed by atoms with Gasteiger partial charge in [-0.3, -0.25) is 5.10 Å². The van der Waals surface area contributed by atoms with Gasteiger partial charge in [0, 0.05) is 23.7 Å². The van der Waals surface area contributed by atoms with E-state index in [9.17, 15) is 5.11 Å². The third kappa shape index (κ3) is 3.66. The fraction of sp³-hybridized carbons (Fsp3) is 0.579. The molecule has 4 rings (SSSR count). The molecule has 1 saturated carbocycles. The van der Waals surface area contributed by atoms with Gasteiger partial charge < -0.3 is 20.3 Å². The number of anilines is 3. The van der Waals surface area contributed by atoms with E-state index in [1.54, 1.807) is 6.33 Å². The monoisotopic (exact) mass is 384 g/mol. The molecule has 0 saturated heterocycles. The van der Waals surface area contributed by atoms with Crippen molar-refractivity contribution in [3.05, 3.63) is 18.1 Å². The summed E-state index contributed by atoms with van der Waals surface area (Å²) in [5.41, 5.74) is 2.59. The quantitative estimate of drug-likeness (QED) is 0.471. The Morgan fingerprint density at radius 3 is 2.68 bits per heavy atom. The van der Waals surface area contributed by atoms with Gasteiger partial charge in [0.25, 0.3) is 0 Å². The molecule has 9 heteroatoms. The molecule has 0 aromatic carbocycles. The highest BCUT2D eigenvalue weighted by Gasteiger charge is 2.26. The summed E-state index contributed by atoms with van der Waals surface area (Å²) in [5, 5.41) is 23.7. The summed E-state index contributed by atoms with van der Waals surface area (Å²) in [7, 11) is 0. The van der Waals surface area contributed by atoms with E-state index in [-0.39, 0.29) is 24.6 Å². The van der Waals surface area contributed by atoms with Crippen molar-refractivity contribution in [3.63, 3.8) is 0 Å². The van der Waals surface area contributed by atoms with Gasteiger partial charge >= 0.3 is 0 Å². The summed E-state index contributed by atoms with van der Waals surface area (Å²) in [4.78, 5) is 13.8. The molecular weight excluding hydrogens is 356 g/mol. The summed E-state index contributed by atoms with van der Waals surface area (Å²) >= 11 is 0. The molecule has 9 nitrogen and oxygen atoms in total. The van der Waals surface area contributed by atoms with Crippen molar-refractivity contribution in [2.75, 3.05) is 17.2 Å². The van der Waals surface area contributed by atoms with Crippen molar-refractivity contribution in [3.8, 4) is 0 Å². The molecule has 0 radical (unpaired) electrons. The lowest BCUT2D eigenvalue weighted by molar-refractivity contribution is 0.248. The number of nitrogens with zero attached hydrogens (tertiary/aromatic N) is 5. The van der Waals surface area contributed by atoms with E-state index < -0.39 is 0 Å². The minimum absolute atomic E-state index is 0.00931. The highest BCUT2D eigenvalue weighted by atomic mass is 16.3. The standard InChI is InChI=1S/C19H28N8O/c1-10(2)14(8-28)21-19-23-17(16-18(24-19)27(9-20-16)11(3)4)22-15-7-13(25-26-15)12-5-6-12/h7,9-12,14,28H,5-6,8H2,1-4H3,(H3,21,22,23,24,25,26)/t14-/m1/s1. The Morgan fingerprint density at radius 2 is 2.04 bits per heavy atom. The Bertz CT molecular complexity index is 956. The van der Waals surface area contributed by atoms with Crippen LogP contribution in [0.1, 0.15) is 58.2 Å². The van der Waals surface area contributed by atoms with E-state index in [1.807, 2.05) is 24.5 Å². The number of imidazole rings is 1. The van der Waals surface area contributed by atoms with Crippen LogP contribution in [0.3, 0.4) is 0 Å². The lowest BCUT2D eigenvalue weighted by atomic mass is 10.1. The number of aromatic nitrogens is 6. The van der Waals surface area contributed by atoms with E-state index in [4.69, 9.17) is 0 Å². The number of aliphatic hydroxyl groups excluding tert-OH is 1. The largest absolute Gasteiger partial charge is 0.394 e. The minimum atomic E-state index is -0.132. The van der Waals surface area contributed by atoms with Crippen LogP contribution < -0.4 is 10.6 Å². The van der Waals surface area contributed by atoms with Crippen molar-refractivity contribution in [1.29, 1.82) is 0 Å². The van der Waals surface area contributed by atoms with Crippen LogP contribution >= 0.6 is 0 Å². The van der Waals surface area contributed by atoms with Crippen LogP contribution in [0.4, 0.5) is 17.6 Å². The number of aliphatic hydroxyl groups is 1. The molecule has 1 fully saturated rings. The number of hydrogen-bond donors (Lipinski definition) is 4. The number of fused-ring (bicyclic) bond motifs is 1. The number of rotatable bonds is 8. The van der Waals surface area contributed by atoms with E-state index in [1.165, 1.54) is 12.8 Å². The van der Waals surface area contributed by atoms with E-state index in [2.05, 4.69) is 49.6 Å². The van der Waals surface area contributed by atoms with Gasteiger partial charge in [-0.05, 0) is 32.6 Å². The fourth-order valence-electron chi connectivity index (χ4n) is 3.16. The summed E-state index contributed by atoms with van der Waals surface area (Å²) in [5.74, 6) is 2.61. The lowest BCUT2D eigenvalue weighted by Gasteiger charge is -2.20. The third-order valence-corrected chi connectivity index (χ3v) is 5.16. The second kappa shape index (κ2) is 7.38. The first kappa shape index (κ1) is 18.7. The zero-order valence-corrected chi connectivity index (χ0v) is 16.8. The van der Waals surface area contributed by atoms with Gasteiger partial charge in [-0.25, -0.2) is 4.98 Å². The molecule has 1 aliphatic rings. The van der Waals surface area contributed by atoms with Crippen molar-refractivity contribution < 1.29 is 5.11 Å². The molecule has 0 spiro atoms.